The van der Waals surface area contributed by atoms with Crippen LogP contribution in [0.2, 0.25) is 0 Å². The molecule has 0 bridgehead atoms. The van der Waals surface area contributed by atoms with Crippen LogP contribution in [0.3, 0.4) is 0 Å². The van der Waals surface area contributed by atoms with Crippen LogP contribution >= 0.6 is 0 Å². The summed E-state index contributed by atoms with van der Waals surface area (Å²) in [4.78, 5) is 26.7. The number of benzene rings is 3. The number of aromatic nitrogens is 1. The molecule has 0 radical (unpaired) electrons. The van der Waals surface area contributed by atoms with Crippen molar-refractivity contribution in [1.29, 1.82) is 0 Å². The summed E-state index contributed by atoms with van der Waals surface area (Å²) in [5.41, 5.74) is 8.20. The third kappa shape index (κ3) is 4.07. The molecule has 4 rings (SSSR count). The molecule has 1 heterocycles. The van der Waals surface area contributed by atoms with Crippen LogP contribution in [0.4, 0.5) is 13.2 Å². The molecule has 8 heteroatoms. The predicted octanol–water partition coefficient (Wildman–Crippen LogP) is 5.41. The van der Waals surface area contributed by atoms with Crippen LogP contribution < -0.4 is 5.73 Å². The number of nitrogens with two attached hydrogens (primary N) is 1. The molecule has 162 valence electrons. The predicted molar refractivity (Wildman–Crippen MR) is 114 cm³/mol. The average Bonchev–Trinajstić information content (AvgIpc) is 3.21. The number of alkyl halides is 3. The molecule has 1 amide bonds. The molecule has 0 atom stereocenters. The molecule has 0 aliphatic carbocycles. The van der Waals surface area contributed by atoms with Gasteiger partial charge >= 0.3 is 12.1 Å². The zero-order chi connectivity index (χ0) is 23.0. The molecule has 0 aliphatic heterocycles. The number of carbonyl (C=O) groups excluding carboxylic acids is 2. The van der Waals surface area contributed by atoms with Crippen molar-refractivity contribution in [3.63, 3.8) is 0 Å². The van der Waals surface area contributed by atoms with Gasteiger partial charge in [0.05, 0.1) is 18.2 Å². The van der Waals surface area contributed by atoms with E-state index in [1.54, 1.807) is 48.5 Å². The van der Waals surface area contributed by atoms with Gasteiger partial charge in [-0.25, -0.2) is 4.79 Å². The summed E-state index contributed by atoms with van der Waals surface area (Å²) in [5, 5.41) is 0.394. The zero-order valence-electron chi connectivity index (χ0n) is 16.8. The van der Waals surface area contributed by atoms with Crippen LogP contribution in [0, 0.1) is 0 Å². The number of hydrogen-bond donors (Lipinski definition) is 2. The normalized spacial score (nSPS) is 11.5. The van der Waals surface area contributed by atoms with Gasteiger partial charge in [0.25, 0.3) is 0 Å². The average molecular weight is 438 g/mol. The summed E-state index contributed by atoms with van der Waals surface area (Å²) in [5.74, 6) is -1.12. The first kappa shape index (κ1) is 21.2. The molecule has 0 fully saturated rings. The standard InChI is InChI=1S/C24H17F3N2O3/c1-32-23(31)18-9-15(13-2-4-14(5-3-13)22(28)30)8-16(10-18)21-12-17-11-19(24(25,26)27)6-7-20(17)29-21/h2-12,29H,1H3,(H2,28,30). The summed E-state index contributed by atoms with van der Waals surface area (Å²) in [6.45, 7) is 0. The molecular formula is C24H17F3N2O3. The highest BCUT2D eigenvalue weighted by molar-refractivity contribution is 5.95. The summed E-state index contributed by atoms with van der Waals surface area (Å²) in [6.07, 6.45) is -4.44. The molecule has 3 aromatic carbocycles. The highest BCUT2D eigenvalue weighted by Gasteiger charge is 2.30. The molecule has 3 N–H and O–H groups in total. The summed E-state index contributed by atoms with van der Waals surface area (Å²) in [6, 6.07) is 16.6. The summed E-state index contributed by atoms with van der Waals surface area (Å²) < 4.78 is 44.0. The Bertz CT molecular complexity index is 1340. The van der Waals surface area contributed by atoms with Crippen molar-refractivity contribution in [3.05, 3.63) is 83.4 Å². The number of carbonyl (C=O) groups is 2. The fourth-order valence-electron chi connectivity index (χ4n) is 3.48. The molecule has 4 aromatic rings. The maximum atomic E-state index is 13.1. The lowest BCUT2D eigenvalue weighted by molar-refractivity contribution is -0.137. The lowest BCUT2D eigenvalue weighted by Gasteiger charge is -2.09. The lowest BCUT2D eigenvalue weighted by atomic mass is 9.97. The van der Waals surface area contributed by atoms with Crippen molar-refractivity contribution in [2.45, 2.75) is 6.18 Å². The molecule has 0 aliphatic rings. The first-order chi connectivity index (χ1) is 15.2. The van der Waals surface area contributed by atoms with Gasteiger partial charge in [0.1, 0.15) is 0 Å². The van der Waals surface area contributed by atoms with Crippen molar-refractivity contribution in [3.8, 4) is 22.4 Å². The quantitative estimate of drug-likeness (QED) is 0.418. The van der Waals surface area contributed by atoms with Gasteiger partial charge in [-0.1, -0.05) is 12.1 Å². The largest absolute Gasteiger partial charge is 0.465 e. The van der Waals surface area contributed by atoms with E-state index in [0.29, 0.717) is 33.3 Å². The van der Waals surface area contributed by atoms with Gasteiger partial charge in [0.15, 0.2) is 0 Å². The van der Waals surface area contributed by atoms with Crippen LogP contribution in [0.15, 0.2) is 66.7 Å². The number of methoxy groups -OCH3 is 1. The van der Waals surface area contributed by atoms with Gasteiger partial charge in [-0.05, 0) is 71.3 Å². The topological polar surface area (TPSA) is 85.2 Å². The maximum absolute atomic E-state index is 13.1. The molecule has 1 aromatic heterocycles. The Hall–Kier alpha value is -4.07. The second-order valence-electron chi connectivity index (χ2n) is 7.22. The van der Waals surface area contributed by atoms with E-state index in [0.717, 1.165) is 17.7 Å². The Balaban J connectivity index is 1.83. The van der Waals surface area contributed by atoms with E-state index in [2.05, 4.69) is 4.98 Å². The van der Waals surface area contributed by atoms with Crippen molar-refractivity contribution < 1.29 is 27.5 Å². The van der Waals surface area contributed by atoms with Crippen molar-refractivity contribution in [2.75, 3.05) is 7.11 Å². The Kier molecular flexibility index (Phi) is 5.22. The van der Waals surface area contributed by atoms with Gasteiger partial charge in [-0.15, -0.1) is 0 Å². The van der Waals surface area contributed by atoms with E-state index in [1.165, 1.54) is 13.2 Å². The van der Waals surface area contributed by atoms with E-state index >= 15 is 0 Å². The number of fused-ring (bicyclic) bond motifs is 1. The number of hydrogen-bond acceptors (Lipinski definition) is 3. The van der Waals surface area contributed by atoms with Crippen LogP contribution in [-0.4, -0.2) is 24.0 Å². The minimum atomic E-state index is -4.44. The fourth-order valence-corrected chi connectivity index (χ4v) is 3.48. The van der Waals surface area contributed by atoms with Crippen molar-refractivity contribution >= 4 is 22.8 Å². The van der Waals surface area contributed by atoms with Gasteiger partial charge in [-0.3, -0.25) is 4.79 Å². The van der Waals surface area contributed by atoms with Gasteiger partial charge in [0.2, 0.25) is 5.91 Å². The smallest absolute Gasteiger partial charge is 0.416 e. The molecular weight excluding hydrogens is 421 g/mol. The molecule has 32 heavy (non-hydrogen) atoms. The Morgan fingerprint density at radius 2 is 1.53 bits per heavy atom. The lowest BCUT2D eigenvalue weighted by Crippen LogP contribution is -2.10. The van der Waals surface area contributed by atoms with E-state index < -0.39 is 23.6 Å². The number of ether oxygens (including phenoxy) is 1. The van der Waals surface area contributed by atoms with Gasteiger partial charge < -0.3 is 15.5 Å². The maximum Gasteiger partial charge on any atom is 0.416 e. The van der Waals surface area contributed by atoms with Crippen LogP contribution in [-0.2, 0) is 10.9 Å². The number of primary amides is 1. The SMILES string of the molecule is COC(=O)c1cc(-c2ccc(C(N)=O)cc2)cc(-c2cc3cc(C(F)(F)F)ccc3[nH]2)c1. The number of nitrogens with one attached hydrogen (secondary N) is 1. The molecule has 5 nitrogen and oxygen atoms in total. The van der Waals surface area contributed by atoms with Crippen LogP contribution in [0.25, 0.3) is 33.3 Å². The van der Waals surface area contributed by atoms with Crippen LogP contribution in [0.1, 0.15) is 26.3 Å². The fraction of sp³-hybridized carbons (Fsp3) is 0.0833. The summed E-state index contributed by atoms with van der Waals surface area (Å²) >= 11 is 0. The first-order valence-corrected chi connectivity index (χ1v) is 9.50. The molecule has 0 unspecified atom stereocenters. The Labute approximate surface area is 180 Å². The molecule has 0 saturated heterocycles. The minimum Gasteiger partial charge on any atom is -0.465 e. The van der Waals surface area contributed by atoms with Gasteiger partial charge in [-0.2, -0.15) is 13.2 Å². The molecule has 0 spiro atoms. The second-order valence-corrected chi connectivity index (χ2v) is 7.22. The number of esters is 1. The van der Waals surface area contributed by atoms with E-state index in [4.69, 9.17) is 10.5 Å². The van der Waals surface area contributed by atoms with Crippen molar-refractivity contribution in [2.24, 2.45) is 5.73 Å². The third-order valence-electron chi connectivity index (χ3n) is 5.12. The van der Waals surface area contributed by atoms with Gasteiger partial charge in [0, 0.05) is 22.2 Å². The highest BCUT2D eigenvalue weighted by Crippen LogP contribution is 2.34. The third-order valence-corrected chi connectivity index (χ3v) is 5.12. The van der Waals surface area contributed by atoms with E-state index in [1.807, 2.05) is 0 Å². The number of halogens is 3. The second kappa shape index (κ2) is 7.88. The van der Waals surface area contributed by atoms with E-state index in [9.17, 15) is 22.8 Å². The number of amides is 1. The minimum absolute atomic E-state index is 0.272. The highest BCUT2D eigenvalue weighted by atomic mass is 19.4. The van der Waals surface area contributed by atoms with E-state index in [-0.39, 0.29) is 5.56 Å². The first-order valence-electron chi connectivity index (χ1n) is 9.50. The number of rotatable bonds is 4. The zero-order valence-corrected chi connectivity index (χ0v) is 16.8. The van der Waals surface area contributed by atoms with Crippen LogP contribution in [0.5, 0.6) is 0 Å². The number of H-pyrrole nitrogens is 1. The number of aromatic amines is 1. The monoisotopic (exact) mass is 438 g/mol. The Morgan fingerprint density at radius 1 is 0.844 bits per heavy atom. The molecule has 0 saturated carbocycles. The van der Waals surface area contributed by atoms with Crippen molar-refractivity contribution in [1.82, 2.24) is 4.98 Å². The summed E-state index contributed by atoms with van der Waals surface area (Å²) in [7, 11) is 1.26. The Morgan fingerprint density at radius 3 is 2.16 bits per heavy atom.